The topological polar surface area (TPSA) is 211 Å². The van der Waals surface area contributed by atoms with Gasteiger partial charge in [-0.05, 0) is 53.1 Å². The number of phenolic OH excluding ortho intramolecular Hbond substituents is 5. The number of carbonyl (C=O) groups excluding carboxylic acids is 1. The molecular formula is C27H22O12. The summed E-state index contributed by atoms with van der Waals surface area (Å²) in [6, 6.07) is 9.83. The molecule has 0 saturated carbocycles. The van der Waals surface area contributed by atoms with Crippen molar-refractivity contribution < 1.29 is 59.6 Å². The van der Waals surface area contributed by atoms with E-state index in [0.717, 1.165) is 30.3 Å². The Balaban J connectivity index is 1.59. The number of aliphatic carboxylic acids is 2. The fraction of sp³-hybridized carbons (Fsp3) is 0.148. The molecule has 1 heterocycles. The molecule has 12 heteroatoms. The number of benzene rings is 3. The first-order valence-electron chi connectivity index (χ1n) is 11.4. The molecule has 3 aromatic carbocycles. The van der Waals surface area contributed by atoms with Gasteiger partial charge in [-0.2, -0.15) is 0 Å². The van der Waals surface area contributed by atoms with Crippen LogP contribution in [0.5, 0.6) is 34.5 Å². The van der Waals surface area contributed by atoms with Crippen LogP contribution in [0.25, 0.3) is 6.08 Å². The zero-order chi connectivity index (χ0) is 28.4. The van der Waals surface area contributed by atoms with Crippen LogP contribution in [0.2, 0.25) is 0 Å². The fourth-order valence-corrected chi connectivity index (χ4v) is 4.20. The van der Waals surface area contributed by atoms with E-state index in [-0.39, 0.29) is 40.2 Å². The van der Waals surface area contributed by atoms with Crippen molar-refractivity contribution in [3.05, 3.63) is 76.9 Å². The molecule has 0 saturated heterocycles. The molecule has 3 atom stereocenters. The number of hydrogen-bond acceptors (Lipinski definition) is 10. The number of fused-ring (bicyclic) bond motifs is 1. The van der Waals surface area contributed by atoms with E-state index in [1.54, 1.807) is 0 Å². The van der Waals surface area contributed by atoms with Gasteiger partial charge in [0.15, 0.2) is 34.5 Å². The second kappa shape index (κ2) is 10.5. The van der Waals surface area contributed by atoms with Gasteiger partial charge in [0.05, 0.1) is 0 Å². The Morgan fingerprint density at radius 2 is 1.49 bits per heavy atom. The number of carboxylic acids is 2. The predicted molar refractivity (Wildman–Crippen MR) is 132 cm³/mol. The lowest BCUT2D eigenvalue weighted by Gasteiger charge is -2.17. The van der Waals surface area contributed by atoms with E-state index >= 15 is 0 Å². The Kier molecular flexibility index (Phi) is 7.20. The molecule has 7 N–H and O–H groups in total. The molecule has 1 aliphatic heterocycles. The number of esters is 1. The van der Waals surface area contributed by atoms with Gasteiger partial charge >= 0.3 is 17.9 Å². The molecule has 0 fully saturated rings. The highest BCUT2D eigenvalue weighted by Crippen LogP contribution is 2.52. The second-order valence-corrected chi connectivity index (χ2v) is 8.64. The number of carboxylic acid groups (broad SMARTS) is 2. The molecule has 39 heavy (non-hydrogen) atoms. The molecule has 0 bridgehead atoms. The van der Waals surface area contributed by atoms with Gasteiger partial charge in [0.1, 0.15) is 12.0 Å². The van der Waals surface area contributed by atoms with Crippen LogP contribution in [0.4, 0.5) is 0 Å². The van der Waals surface area contributed by atoms with E-state index in [9.17, 15) is 50.1 Å². The highest BCUT2D eigenvalue weighted by atomic mass is 16.6. The van der Waals surface area contributed by atoms with Gasteiger partial charge in [-0.1, -0.05) is 18.2 Å². The largest absolute Gasteiger partial charge is 0.504 e. The summed E-state index contributed by atoms with van der Waals surface area (Å²) in [5.41, 5.74) is 0.664. The third-order valence-electron chi connectivity index (χ3n) is 6.06. The SMILES string of the molecule is O=C(C=Cc1ccc(O)c2c1[C@H](C(=O)O)[C@@H](c1ccc(O)c(O)c1)O2)O[C@@H](Cc1ccc(O)c(O)c1)C(=O)O. The van der Waals surface area contributed by atoms with E-state index in [4.69, 9.17) is 9.47 Å². The number of rotatable bonds is 8. The Hall–Kier alpha value is -5.39. The third kappa shape index (κ3) is 5.49. The van der Waals surface area contributed by atoms with Crippen molar-refractivity contribution >= 4 is 24.0 Å². The quantitative estimate of drug-likeness (QED) is 0.125. The predicted octanol–water partition coefficient (Wildman–Crippen LogP) is 2.77. The Labute approximate surface area is 219 Å². The Morgan fingerprint density at radius 3 is 2.10 bits per heavy atom. The summed E-state index contributed by atoms with van der Waals surface area (Å²) in [6.07, 6.45) is -1.09. The molecule has 12 nitrogen and oxygen atoms in total. The first-order valence-corrected chi connectivity index (χ1v) is 11.4. The van der Waals surface area contributed by atoms with Crippen molar-refractivity contribution in [1.82, 2.24) is 0 Å². The summed E-state index contributed by atoms with van der Waals surface area (Å²) in [5.74, 6) is -7.59. The van der Waals surface area contributed by atoms with Crippen molar-refractivity contribution in [3.63, 3.8) is 0 Å². The minimum Gasteiger partial charge on any atom is -0.504 e. The summed E-state index contributed by atoms with van der Waals surface area (Å²) in [5, 5.41) is 68.2. The van der Waals surface area contributed by atoms with Crippen molar-refractivity contribution in [2.24, 2.45) is 0 Å². The smallest absolute Gasteiger partial charge is 0.345 e. The Morgan fingerprint density at radius 1 is 0.846 bits per heavy atom. The molecule has 202 valence electrons. The number of phenols is 5. The van der Waals surface area contributed by atoms with E-state index in [1.165, 1.54) is 30.3 Å². The van der Waals surface area contributed by atoms with E-state index in [0.29, 0.717) is 0 Å². The molecule has 3 aromatic rings. The normalized spacial score (nSPS) is 16.8. The van der Waals surface area contributed by atoms with Gasteiger partial charge in [-0.25, -0.2) is 9.59 Å². The molecule has 0 radical (unpaired) electrons. The monoisotopic (exact) mass is 538 g/mol. The number of hydrogen-bond donors (Lipinski definition) is 7. The van der Waals surface area contributed by atoms with Crippen molar-refractivity contribution in [1.29, 1.82) is 0 Å². The first kappa shape index (κ1) is 26.7. The molecule has 0 spiro atoms. The van der Waals surface area contributed by atoms with Crippen LogP contribution in [0, 0.1) is 0 Å². The number of carbonyl (C=O) groups is 3. The molecular weight excluding hydrogens is 516 g/mol. The van der Waals surface area contributed by atoms with Gasteiger partial charge in [0.2, 0.25) is 6.10 Å². The highest BCUT2D eigenvalue weighted by Gasteiger charge is 2.43. The molecule has 1 aliphatic rings. The van der Waals surface area contributed by atoms with Crippen molar-refractivity contribution in [2.45, 2.75) is 24.5 Å². The highest BCUT2D eigenvalue weighted by molar-refractivity contribution is 5.91. The van der Waals surface area contributed by atoms with Crippen LogP contribution in [0.15, 0.2) is 54.6 Å². The number of aromatic hydroxyl groups is 5. The lowest BCUT2D eigenvalue weighted by Crippen LogP contribution is -2.28. The van der Waals surface area contributed by atoms with Crippen LogP contribution in [0.1, 0.15) is 34.3 Å². The second-order valence-electron chi connectivity index (χ2n) is 8.64. The van der Waals surface area contributed by atoms with Crippen LogP contribution >= 0.6 is 0 Å². The molecule has 0 aromatic heterocycles. The zero-order valence-electron chi connectivity index (χ0n) is 19.9. The summed E-state index contributed by atoms with van der Waals surface area (Å²) >= 11 is 0. The van der Waals surface area contributed by atoms with E-state index in [1.807, 2.05) is 0 Å². The summed E-state index contributed by atoms with van der Waals surface area (Å²) in [7, 11) is 0. The van der Waals surface area contributed by atoms with Crippen LogP contribution in [0.3, 0.4) is 0 Å². The maximum Gasteiger partial charge on any atom is 0.345 e. The summed E-state index contributed by atoms with van der Waals surface area (Å²) < 4.78 is 10.8. The number of ether oxygens (including phenoxy) is 2. The van der Waals surface area contributed by atoms with Gasteiger partial charge in [-0.3, -0.25) is 4.79 Å². The van der Waals surface area contributed by atoms with Crippen LogP contribution in [-0.4, -0.2) is 59.8 Å². The summed E-state index contributed by atoms with van der Waals surface area (Å²) in [6.45, 7) is 0. The minimum atomic E-state index is -1.64. The van der Waals surface area contributed by atoms with Crippen LogP contribution < -0.4 is 4.74 Å². The zero-order valence-corrected chi connectivity index (χ0v) is 19.9. The van der Waals surface area contributed by atoms with Crippen LogP contribution in [-0.2, 0) is 25.5 Å². The van der Waals surface area contributed by atoms with Crippen molar-refractivity contribution in [3.8, 4) is 34.5 Å². The average Bonchev–Trinajstić information content (AvgIpc) is 3.29. The minimum absolute atomic E-state index is 0.0264. The van der Waals surface area contributed by atoms with Gasteiger partial charge in [0, 0.05) is 18.1 Å². The molecule has 0 amide bonds. The fourth-order valence-electron chi connectivity index (χ4n) is 4.20. The van der Waals surface area contributed by atoms with E-state index < -0.39 is 59.0 Å². The average molecular weight is 538 g/mol. The third-order valence-corrected chi connectivity index (χ3v) is 6.06. The maximum absolute atomic E-state index is 12.5. The van der Waals surface area contributed by atoms with Crippen molar-refractivity contribution in [2.75, 3.05) is 0 Å². The van der Waals surface area contributed by atoms with Gasteiger partial charge < -0.3 is 45.2 Å². The van der Waals surface area contributed by atoms with Gasteiger partial charge in [0.25, 0.3) is 0 Å². The molecule has 4 rings (SSSR count). The first-order chi connectivity index (χ1) is 18.5. The lowest BCUT2D eigenvalue weighted by molar-refractivity contribution is -0.160. The molecule has 0 aliphatic carbocycles. The van der Waals surface area contributed by atoms with Gasteiger partial charge in [-0.15, -0.1) is 0 Å². The summed E-state index contributed by atoms with van der Waals surface area (Å²) in [4.78, 5) is 36.4. The Bertz CT molecular complexity index is 1490. The maximum atomic E-state index is 12.5. The molecule has 0 unspecified atom stereocenters. The van der Waals surface area contributed by atoms with E-state index in [2.05, 4.69) is 0 Å². The lowest BCUT2D eigenvalue weighted by atomic mass is 9.88. The standard InChI is InChI=1S/C27H22O12/c28-15-5-1-12(9-18(15)31)10-20(26(34)35)38-21(33)8-4-13-2-7-17(30)25-22(13)23(27(36)37)24(39-25)14-3-6-16(29)19(32)11-14/h1-9,11,20,23-24,28-32H,10H2,(H,34,35)(H,36,37)/t20-,23-,24+/m0/s1.